The Morgan fingerprint density at radius 3 is 2.13 bits per heavy atom. The van der Waals surface area contributed by atoms with Crippen LogP contribution in [0.3, 0.4) is 0 Å². The van der Waals surface area contributed by atoms with Gasteiger partial charge in [0.2, 0.25) is 0 Å². The molecule has 4 heteroatoms. The summed E-state index contributed by atoms with van der Waals surface area (Å²) in [5.41, 5.74) is 6.71. The molecule has 0 saturated carbocycles. The van der Waals surface area contributed by atoms with Crippen molar-refractivity contribution in [3.05, 3.63) is 101 Å². The van der Waals surface area contributed by atoms with Gasteiger partial charge in [0.1, 0.15) is 0 Å². The standard InChI is InChI=1S/C26H25N3O/c1-19-25(18-22-9-13-23(14-10-22)28(2)3)26(30)29(27-19)24-15-11-21(12-16-24)17-20-7-5-4-6-8-20/h4-16,18H,17H2,1-3H3. The molecule has 0 fully saturated rings. The predicted molar refractivity (Wildman–Crippen MR) is 125 cm³/mol. The van der Waals surface area contributed by atoms with Gasteiger partial charge in [-0.25, -0.2) is 0 Å². The van der Waals surface area contributed by atoms with Crippen molar-refractivity contribution >= 4 is 29.1 Å². The summed E-state index contributed by atoms with van der Waals surface area (Å²) in [7, 11) is 4.02. The molecule has 0 N–H and O–H groups in total. The van der Waals surface area contributed by atoms with E-state index in [0.29, 0.717) is 5.57 Å². The third kappa shape index (κ3) is 4.18. The summed E-state index contributed by atoms with van der Waals surface area (Å²) in [6.45, 7) is 1.88. The van der Waals surface area contributed by atoms with Crippen molar-refractivity contribution in [1.82, 2.24) is 0 Å². The molecule has 0 unspecified atom stereocenters. The highest BCUT2D eigenvalue weighted by Crippen LogP contribution is 2.26. The number of hydrogen-bond acceptors (Lipinski definition) is 3. The maximum atomic E-state index is 13.0. The van der Waals surface area contributed by atoms with E-state index in [1.165, 1.54) is 16.1 Å². The molecule has 4 nitrogen and oxygen atoms in total. The molecule has 30 heavy (non-hydrogen) atoms. The Morgan fingerprint density at radius 2 is 1.50 bits per heavy atom. The molecule has 0 aliphatic carbocycles. The number of rotatable bonds is 5. The van der Waals surface area contributed by atoms with Gasteiger partial charge in [0, 0.05) is 19.8 Å². The molecule has 1 aliphatic heterocycles. The lowest BCUT2D eigenvalue weighted by Crippen LogP contribution is -2.21. The first-order valence-corrected chi connectivity index (χ1v) is 10.0. The molecule has 0 atom stereocenters. The zero-order chi connectivity index (χ0) is 21.1. The first kappa shape index (κ1) is 19.6. The third-order valence-corrected chi connectivity index (χ3v) is 5.22. The minimum atomic E-state index is -0.0972. The van der Waals surface area contributed by atoms with Gasteiger partial charge in [0.05, 0.1) is 17.0 Å². The summed E-state index contributed by atoms with van der Waals surface area (Å²) in [5.74, 6) is -0.0972. The Kier molecular flexibility index (Phi) is 5.48. The Morgan fingerprint density at radius 1 is 0.867 bits per heavy atom. The highest BCUT2D eigenvalue weighted by Gasteiger charge is 2.28. The average molecular weight is 396 g/mol. The summed E-state index contributed by atoms with van der Waals surface area (Å²) in [6, 6.07) is 26.5. The quantitative estimate of drug-likeness (QED) is 0.560. The van der Waals surface area contributed by atoms with Crippen LogP contribution in [-0.4, -0.2) is 25.7 Å². The van der Waals surface area contributed by atoms with Crippen molar-refractivity contribution in [3.63, 3.8) is 0 Å². The molecule has 0 saturated heterocycles. The second-order valence-electron chi connectivity index (χ2n) is 7.68. The predicted octanol–water partition coefficient (Wildman–Crippen LogP) is 5.15. The second kappa shape index (κ2) is 8.37. The van der Waals surface area contributed by atoms with Gasteiger partial charge in [-0.3, -0.25) is 4.79 Å². The molecule has 0 bridgehead atoms. The lowest BCUT2D eigenvalue weighted by atomic mass is 10.0. The number of nitrogens with zero attached hydrogens (tertiary/aromatic N) is 3. The van der Waals surface area contributed by atoms with Crippen LogP contribution >= 0.6 is 0 Å². The van der Waals surface area contributed by atoms with Crippen LogP contribution in [0.1, 0.15) is 23.6 Å². The van der Waals surface area contributed by atoms with E-state index >= 15 is 0 Å². The molecule has 1 aliphatic rings. The molecule has 0 spiro atoms. The van der Waals surface area contributed by atoms with Crippen LogP contribution in [0, 0.1) is 0 Å². The highest BCUT2D eigenvalue weighted by atomic mass is 16.2. The molecule has 0 aromatic heterocycles. The van der Waals surface area contributed by atoms with Crippen molar-refractivity contribution in [1.29, 1.82) is 0 Å². The van der Waals surface area contributed by atoms with Gasteiger partial charge < -0.3 is 4.90 Å². The number of benzene rings is 3. The summed E-state index contributed by atoms with van der Waals surface area (Å²) in [4.78, 5) is 15.1. The largest absolute Gasteiger partial charge is 0.378 e. The van der Waals surface area contributed by atoms with Crippen LogP contribution in [-0.2, 0) is 11.2 Å². The van der Waals surface area contributed by atoms with E-state index in [0.717, 1.165) is 29.1 Å². The number of carbonyl (C=O) groups excluding carboxylic acids is 1. The molecule has 150 valence electrons. The Hall–Kier alpha value is -3.66. The monoisotopic (exact) mass is 395 g/mol. The van der Waals surface area contributed by atoms with E-state index in [4.69, 9.17) is 0 Å². The van der Waals surface area contributed by atoms with Crippen LogP contribution in [0.15, 0.2) is 89.5 Å². The van der Waals surface area contributed by atoms with Crippen molar-refractivity contribution in [2.45, 2.75) is 13.3 Å². The zero-order valence-electron chi connectivity index (χ0n) is 17.5. The van der Waals surface area contributed by atoms with Crippen molar-refractivity contribution in [2.75, 3.05) is 24.0 Å². The maximum Gasteiger partial charge on any atom is 0.280 e. The smallest absolute Gasteiger partial charge is 0.280 e. The number of hydrazone groups is 1. The topological polar surface area (TPSA) is 35.9 Å². The lowest BCUT2D eigenvalue weighted by Gasteiger charge is -2.13. The fourth-order valence-electron chi connectivity index (χ4n) is 3.48. The molecule has 1 amide bonds. The number of amides is 1. The van der Waals surface area contributed by atoms with E-state index in [2.05, 4.69) is 29.4 Å². The van der Waals surface area contributed by atoms with Crippen LogP contribution in [0.2, 0.25) is 0 Å². The molecule has 3 aromatic carbocycles. The van der Waals surface area contributed by atoms with Gasteiger partial charge in [-0.15, -0.1) is 0 Å². The van der Waals surface area contributed by atoms with Gasteiger partial charge >= 0.3 is 0 Å². The van der Waals surface area contributed by atoms with E-state index in [1.807, 2.05) is 86.6 Å². The van der Waals surface area contributed by atoms with Crippen LogP contribution in [0.25, 0.3) is 6.08 Å². The fourth-order valence-corrected chi connectivity index (χ4v) is 3.48. The van der Waals surface area contributed by atoms with E-state index < -0.39 is 0 Å². The van der Waals surface area contributed by atoms with Crippen molar-refractivity contribution < 1.29 is 4.79 Å². The minimum Gasteiger partial charge on any atom is -0.378 e. The van der Waals surface area contributed by atoms with Crippen LogP contribution in [0.4, 0.5) is 11.4 Å². The molecule has 3 aromatic rings. The van der Waals surface area contributed by atoms with Crippen LogP contribution in [0.5, 0.6) is 0 Å². The summed E-state index contributed by atoms with van der Waals surface area (Å²) in [5, 5.41) is 5.99. The highest BCUT2D eigenvalue weighted by molar-refractivity contribution is 6.32. The van der Waals surface area contributed by atoms with Gasteiger partial charge in [0.25, 0.3) is 5.91 Å². The Labute approximate surface area is 177 Å². The summed E-state index contributed by atoms with van der Waals surface area (Å²) in [6.07, 6.45) is 2.77. The molecule has 1 heterocycles. The van der Waals surface area contributed by atoms with Crippen molar-refractivity contribution in [2.24, 2.45) is 5.10 Å². The summed E-state index contributed by atoms with van der Waals surface area (Å²) >= 11 is 0. The fraction of sp³-hybridized carbons (Fsp3) is 0.154. The van der Waals surface area contributed by atoms with Gasteiger partial charge in [-0.1, -0.05) is 54.6 Å². The number of anilines is 2. The SMILES string of the molecule is CC1=NN(c2ccc(Cc3ccccc3)cc2)C(=O)C1=Cc1ccc(N(C)C)cc1. The third-order valence-electron chi connectivity index (χ3n) is 5.22. The first-order valence-electron chi connectivity index (χ1n) is 10.0. The van der Waals surface area contributed by atoms with Gasteiger partial charge in [-0.2, -0.15) is 10.1 Å². The van der Waals surface area contributed by atoms with Crippen LogP contribution < -0.4 is 9.91 Å². The molecule has 0 radical (unpaired) electrons. The lowest BCUT2D eigenvalue weighted by molar-refractivity contribution is -0.114. The van der Waals surface area contributed by atoms with Gasteiger partial charge in [-0.05, 0) is 60.4 Å². The molecule has 4 rings (SSSR count). The normalized spacial score (nSPS) is 14.9. The zero-order valence-corrected chi connectivity index (χ0v) is 17.5. The Balaban J connectivity index is 1.51. The average Bonchev–Trinajstić information content (AvgIpc) is 3.04. The second-order valence-corrected chi connectivity index (χ2v) is 7.68. The van der Waals surface area contributed by atoms with E-state index in [9.17, 15) is 4.79 Å². The maximum absolute atomic E-state index is 13.0. The van der Waals surface area contributed by atoms with Gasteiger partial charge in [0.15, 0.2) is 0 Å². The molecular weight excluding hydrogens is 370 g/mol. The van der Waals surface area contributed by atoms with E-state index in [1.54, 1.807) is 0 Å². The number of carbonyl (C=O) groups is 1. The Bertz CT molecular complexity index is 1100. The summed E-state index contributed by atoms with van der Waals surface area (Å²) < 4.78 is 0. The first-order chi connectivity index (χ1) is 14.5. The van der Waals surface area contributed by atoms with E-state index in [-0.39, 0.29) is 5.91 Å². The minimum absolute atomic E-state index is 0.0972. The number of hydrogen-bond donors (Lipinski definition) is 0. The molecular formula is C26H25N3O. The van der Waals surface area contributed by atoms with Crippen molar-refractivity contribution in [3.8, 4) is 0 Å².